The van der Waals surface area contributed by atoms with Crippen LogP contribution in [-0.2, 0) is 0 Å². The highest BCUT2D eigenvalue weighted by atomic mass is 35.5. The first-order valence-electron chi connectivity index (χ1n) is 6.08. The summed E-state index contributed by atoms with van der Waals surface area (Å²) in [6.45, 7) is 0.667. The van der Waals surface area contributed by atoms with Crippen molar-refractivity contribution in [3.8, 4) is 0 Å². The minimum atomic E-state index is -0.276. The first-order chi connectivity index (χ1) is 9.65. The number of hydrogen-bond donors (Lipinski definition) is 0. The molecule has 1 aromatic heterocycles. The van der Waals surface area contributed by atoms with Gasteiger partial charge in [-0.25, -0.2) is 4.39 Å². The van der Waals surface area contributed by atoms with Crippen LogP contribution in [0.3, 0.4) is 0 Å². The van der Waals surface area contributed by atoms with Gasteiger partial charge in [0.15, 0.2) is 0 Å². The van der Waals surface area contributed by atoms with E-state index >= 15 is 0 Å². The molecule has 1 atom stereocenters. The largest absolute Gasteiger partial charge is 0.321 e. The molecule has 0 unspecified atom stereocenters. The lowest BCUT2D eigenvalue weighted by atomic mass is 10.2. The first-order valence-corrected chi connectivity index (χ1v) is 8.33. The zero-order chi connectivity index (χ0) is 14.1. The molecule has 1 aromatic carbocycles. The minimum absolute atomic E-state index is 0.0406. The summed E-state index contributed by atoms with van der Waals surface area (Å²) in [5, 5.41) is -0.126. The molecular weight excluding hydrogens is 317 g/mol. The SMILES string of the molecule is O=C(c1ccc(Cl)s1)N1CCS[C@@H]1c1cccc(F)c1. The second kappa shape index (κ2) is 5.76. The Labute approximate surface area is 129 Å². The lowest BCUT2D eigenvalue weighted by Gasteiger charge is -2.23. The normalized spacial score (nSPS) is 18.5. The fraction of sp³-hybridized carbons (Fsp3) is 0.214. The summed E-state index contributed by atoms with van der Waals surface area (Å²) in [7, 11) is 0. The van der Waals surface area contributed by atoms with E-state index in [0.717, 1.165) is 11.3 Å². The molecule has 2 aromatic rings. The van der Waals surface area contributed by atoms with Gasteiger partial charge in [0.1, 0.15) is 11.2 Å². The van der Waals surface area contributed by atoms with E-state index in [1.807, 2.05) is 6.07 Å². The maximum absolute atomic E-state index is 13.3. The van der Waals surface area contributed by atoms with Gasteiger partial charge in [-0.05, 0) is 29.8 Å². The highest BCUT2D eigenvalue weighted by Crippen LogP contribution is 2.39. The second-order valence-corrected chi connectivity index (χ2v) is 7.28. The molecule has 3 rings (SSSR count). The van der Waals surface area contributed by atoms with Crippen molar-refractivity contribution in [2.24, 2.45) is 0 Å². The van der Waals surface area contributed by atoms with E-state index in [-0.39, 0.29) is 17.1 Å². The molecule has 0 radical (unpaired) electrons. The molecule has 0 N–H and O–H groups in total. The molecule has 1 aliphatic heterocycles. The number of benzene rings is 1. The Morgan fingerprint density at radius 3 is 2.90 bits per heavy atom. The van der Waals surface area contributed by atoms with Gasteiger partial charge in [-0.15, -0.1) is 23.1 Å². The van der Waals surface area contributed by atoms with Gasteiger partial charge in [0, 0.05) is 12.3 Å². The highest BCUT2D eigenvalue weighted by molar-refractivity contribution is 7.99. The van der Waals surface area contributed by atoms with Crippen LogP contribution in [0.5, 0.6) is 0 Å². The number of carbonyl (C=O) groups excluding carboxylic acids is 1. The van der Waals surface area contributed by atoms with Crippen molar-refractivity contribution in [1.82, 2.24) is 4.90 Å². The van der Waals surface area contributed by atoms with Crippen molar-refractivity contribution in [1.29, 1.82) is 0 Å². The van der Waals surface area contributed by atoms with Crippen LogP contribution in [0.1, 0.15) is 20.6 Å². The van der Waals surface area contributed by atoms with Crippen LogP contribution >= 0.6 is 34.7 Å². The number of carbonyl (C=O) groups is 1. The third-order valence-electron chi connectivity index (χ3n) is 3.07. The van der Waals surface area contributed by atoms with E-state index in [1.165, 1.54) is 23.5 Å². The van der Waals surface area contributed by atoms with Crippen molar-refractivity contribution in [2.45, 2.75) is 5.37 Å². The predicted octanol–water partition coefficient (Wildman–Crippen LogP) is 4.43. The molecule has 1 fully saturated rings. The smallest absolute Gasteiger partial charge is 0.265 e. The van der Waals surface area contributed by atoms with Crippen molar-refractivity contribution < 1.29 is 9.18 Å². The maximum atomic E-state index is 13.3. The van der Waals surface area contributed by atoms with Gasteiger partial charge >= 0.3 is 0 Å². The van der Waals surface area contributed by atoms with E-state index < -0.39 is 0 Å². The minimum Gasteiger partial charge on any atom is -0.321 e. The van der Waals surface area contributed by atoms with E-state index in [0.29, 0.717) is 15.8 Å². The topological polar surface area (TPSA) is 20.3 Å². The highest BCUT2D eigenvalue weighted by Gasteiger charge is 2.32. The Kier molecular flexibility index (Phi) is 4.01. The number of rotatable bonds is 2. The summed E-state index contributed by atoms with van der Waals surface area (Å²) in [6.07, 6.45) is 0. The summed E-state index contributed by atoms with van der Waals surface area (Å²) in [5.74, 6) is 0.536. The van der Waals surface area contributed by atoms with E-state index in [4.69, 9.17) is 11.6 Å². The summed E-state index contributed by atoms with van der Waals surface area (Å²) >= 11 is 8.80. The van der Waals surface area contributed by atoms with Crippen LogP contribution in [0.15, 0.2) is 36.4 Å². The molecule has 1 amide bonds. The monoisotopic (exact) mass is 327 g/mol. The molecule has 1 aliphatic rings. The summed E-state index contributed by atoms with van der Waals surface area (Å²) < 4.78 is 13.9. The van der Waals surface area contributed by atoms with Gasteiger partial charge in [-0.3, -0.25) is 4.79 Å². The maximum Gasteiger partial charge on any atom is 0.265 e. The van der Waals surface area contributed by atoms with Crippen molar-refractivity contribution in [2.75, 3.05) is 12.3 Å². The Hall–Kier alpha value is -1.04. The fourth-order valence-corrected chi connectivity index (χ4v) is 4.43. The van der Waals surface area contributed by atoms with Gasteiger partial charge in [0.25, 0.3) is 5.91 Å². The number of nitrogens with zero attached hydrogens (tertiary/aromatic N) is 1. The lowest BCUT2D eigenvalue weighted by Crippen LogP contribution is -2.29. The lowest BCUT2D eigenvalue weighted by molar-refractivity contribution is 0.0765. The number of halogens is 2. The number of thioether (sulfide) groups is 1. The number of amides is 1. The zero-order valence-corrected chi connectivity index (χ0v) is 12.8. The number of hydrogen-bond acceptors (Lipinski definition) is 3. The van der Waals surface area contributed by atoms with Crippen molar-refractivity contribution >= 4 is 40.6 Å². The van der Waals surface area contributed by atoms with Crippen molar-refractivity contribution in [3.05, 3.63) is 57.0 Å². The molecule has 0 aliphatic carbocycles. The first kappa shape index (κ1) is 13.9. The molecule has 0 bridgehead atoms. The van der Waals surface area contributed by atoms with E-state index in [1.54, 1.807) is 34.9 Å². The molecule has 6 heteroatoms. The third-order valence-corrected chi connectivity index (χ3v) is 5.55. The Bertz CT molecular complexity index is 646. The van der Waals surface area contributed by atoms with Gasteiger partial charge in [-0.1, -0.05) is 23.7 Å². The molecule has 104 valence electrons. The van der Waals surface area contributed by atoms with E-state index in [2.05, 4.69) is 0 Å². The second-order valence-electron chi connectivity index (χ2n) is 4.38. The van der Waals surface area contributed by atoms with Gasteiger partial charge in [0.2, 0.25) is 0 Å². The molecular formula is C14H11ClFNOS2. The molecule has 0 spiro atoms. The average Bonchev–Trinajstić information content (AvgIpc) is 3.06. The van der Waals surface area contributed by atoms with Gasteiger partial charge in [0.05, 0.1) is 9.21 Å². The van der Waals surface area contributed by atoms with Crippen LogP contribution in [0.2, 0.25) is 4.34 Å². The average molecular weight is 328 g/mol. The van der Waals surface area contributed by atoms with Crippen LogP contribution in [0.25, 0.3) is 0 Å². The molecule has 2 heterocycles. The molecule has 2 nitrogen and oxygen atoms in total. The third kappa shape index (κ3) is 2.71. The summed E-state index contributed by atoms with van der Waals surface area (Å²) in [4.78, 5) is 14.9. The quantitative estimate of drug-likeness (QED) is 0.813. The Morgan fingerprint density at radius 1 is 1.35 bits per heavy atom. The standard InChI is InChI=1S/C14H11ClFNOS2/c15-12-5-4-11(20-12)13(18)17-6-7-19-14(17)9-2-1-3-10(16)8-9/h1-5,8,14H,6-7H2/t14-/m1/s1. The van der Waals surface area contributed by atoms with Crippen LogP contribution in [0.4, 0.5) is 4.39 Å². The molecule has 0 saturated carbocycles. The van der Waals surface area contributed by atoms with Crippen LogP contribution < -0.4 is 0 Å². The van der Waals surface area contributed by atoms with Gasteiger partial charge < -0.3 is 4.90 Å². The van der Waals surface area contributed by atoms with E-state index in [9.17, 15) is 9.18 Å². The predicted molar refractivity (Wildman–Crippen MR) is 82.0 cm³/mol. The molecule has 1 saturated heterocycles. The summed E-state index contributed by atoms with van der Waals surface area (Å²) in [6, 6.07) is 9.89. The zero-order valence-electron chi connectivity index (χ0n) is 10.4. The Balaban J connectivity index is 1.87. The van der Waals surface area contributed by atoms with Crippen LogP contribution in [-0.4, -0.2) is 23.1 Å². The van der Waals surface area contributed by atoms with Crippen LogP contribution in [0, 0.1) is 5.82 Å². The fourth-order valence-electron chi connectivity index (χ4n) is 2.19. The summed E-state index contributed by atoms with van der Waals surface area (Å²) in [5.41, 5.74) is 0.823. The molecule has 20 heavy (non-hydrogen) atoms. The van der Waals surface area contributed by atoms with Crippen molar-refractivity contribution in [3.63, 3.8) is 0 Å². The Morgan fingerprint density at radius 2 is 2.20 bits per heavy atom. The van der Waals surface area contributed by atoms with Gasteiger partial charge in [-0.2, -0.15) is 0 Å². The number of thiophene rings is 1.